The van der Waals surface area contributed by atoms with Crippen molar-refractivity contribution in [2.75, 3.05) is 26.7 Å². The van der Waals surface area contributed by atoms with Gasteiger partial charge in [-0.1, -0.05) is 6.08 Å². The van der Waals surface area contributed by atoms with Crippen molar-refractivity contribution in [2.24, 2.45) is 0 Å². The molecule has 0 atom stereocenters. The molecule has 0 bridgehead atoms. The fourth-order valence-corrected chi connectivity index (χ4v) is 0.875. The summed E-state index contributed by atoms with van der Waals surface area (Å²) in [6.45, 7) is 9.62. The Bertz CT molecular complexity index is 157. The first-order valence-electron chi connectivity index (χ1n) is 4.28. The molecule has 0 aromatic heterocycles. The topological polar surface area (TPSA) is 23.6 Å². The zero-order valence-corrected chi connectivity index (χ0v) is 8.21. The van der Waals surface area contributed by atoms with Gasteiger partial charge < -0.3 is 9.80 Å². The van der Waals surface area contributed by atoms with Gasteiger partial charge in [-0.15, -0.1) is 6.58 Å². The first kappa shape index (κ1) is 11.0. The Kier molecular flexibility index (Phi) is 5.17. The molecule has 70 valence electrons. The minimum atomic E-state index is 0.0694. The summed E-state index contributed by atoms with van der Waals surface area (Å²) in [7, 11) is 1.80. The molecule has 0 heterocycles. The predicted octanol–water partition coefficient (Wildman–Crippen LogP) is 1.57. The Morgan fingerprint density at radius 1 is 1.42 bits per heavy atom. The number of nitrogens with zero attached hydrogens (tertiary/aromatic N) is 2. The maximum absolute atomic E-state index is 11.5. The lowest BCUT2D eigenvalue weighted by atomic mass is 10.5. The van der Waals surface area contributed by atoms with E-state index in [2.05, 4.69) is 6.58 Å². The first-order valence-corrected chi connectivity index (χ1v) is 4.28. The van der Waals surface area contributed by atoms with Gasteiger partial charge in [0.2, 0.25) is 0 Å². The summed E-state index contributed by atoms with van der Waals surface area (Å²) < 4.78 is 0. The van der Waals surface area contributed by atoms with Crippen molar-refractivity contribution < 1.29 is 4.79 Å². The number of rotatable bonds is 4. The summed E-state index contributed by atoms with van der Waals surface area (Å²) in [5.74, 6) is 0. The average Bonchev–Trinajstić information content (AvgIpc) is 2.11. The van der Waals surface area contributed by atoms with Crippen LogP contribution in [0.25, 0.3) is 0 Å². The van der Waals surface area contributed by atoms with E-state index in [-0.39, 0.29) is 6.03 Å². The van der Waals surface area contributed by atoms with Crippen molar-refractivity contribution in [1.82, 2.24) is 9.80 Å². The number of carbonyl (C=O) groups is 1. The van der Waals surface area contributed by atoms with Crippen LogP contribution in [0.1, 0.15) is 13.8 Å². The summed E-state index contributed by atoms with van der Waals surface area (Å²) in [6.07, 6.45) is 1.74. The zero-order chi connectivity index (χ0) is 9.56. The van der Waals surface area contributed by atoms with Gasteiger partial charge in [0.15, 0.2) is 0 Å². The number of hydrogen-bond donors (Lipinski definition) is 0. The lowest BCUT2D eigenvalue weighted by Gasteiger charge is -2.25. The van der Waals surface area contributed by atoms with Crippen LogP contribution in [0.5, 0.6) is 0 Å². The first-order chi connectivity index (χ1) is 5.67. The SMILES string of the molecule is C=CCN(CC)C(=O)N(C)CC. The zero-order valence-electron chi connectivity index (χ0n) is 8.21. The molecule has 0 rings (SSSR count). The number of urea groups is 1. The fourth-order valence-electron chi connectivity index (χ4n) is 0.875. The van der Waals surface area contributed by atoms with Gasteiger partial charge in [0.1, 0.15) is 0 Å². The third kappa shape index (κ3) is 2.95. The second-order valence-corrected chi connectivity index (χ2v) is 2.62. The van der Waals surface area contributed by atoms with Crippen molar-refractivity contribution in [1.29, 1.82) is 0 Å². The minimum absolute atomic E-state index is 0.0694. The van der Waals surface area contributed by atoms with Crippen LogP contribution in [0.3, 0.4) is 0 Å². The Hall–Kier alpha value is -0.990. The van der Waals surface area contributed by atoms with Crippen LogP contribution in [0.2, 0.25) is 0 Å². The van der Waals surface area contributed by atoms with Crippen LogP contribution in [-0.4, -0.2) is 42.5 Å². The molecule has 0 aromatic rings. The van der Waals surface area contributed by atoms with Gasteiger partial charge in [-0.2, -0.15) is 0 Å². The van der Waals surface area contributed by atoms with Crippen molar-refractivity contribution in [3.8, 4) is 0 Å². The van der Waals surface area contributed by atoms with E-state index in [0.29, 0.717) is 6.54 Å². The molecule has 0 N–H and O–H groups in total. The van der Waals surface area contributed by atoms with Gasteiger partial charge in [0, 0.05) is 26.7 Å². The smallest absolute Gasteiger partial charge is 0.320 e. The van der Waals surface area contributed by atoms with E-state index in [1.54, 1.807) is 22.9 Å². The van der Waals surface area contributed by atoms with E-state index < -0.39 is 0 Å². The number of carbonyl (C=O) groups excluding carboxylic acids is 1. The highest BCUT2D eigenvalue weighted by Crippen LogP contribution is 1.95. The van der Waals surface area contributed by atoms with E-state index in [9.17, 15) is 4.79 Å². The van der Waals surface area contributed by atoms with Gasteiger partial charge in [-0.3, -0.25) is 0 Å². The summed E-state index contributed by atoms with van der Waals surface area (Å²) in [5, 5.41) is 0. The predicted molar refractivity (Wildman–Crippen MR) is 51.1 cm³/mol. The van der Waals surface area contributed by atoms with Gasteiger partial charge in [0.25, 0.3) is 0 Å². The van der Waals surface area contributed by atoms with Crippen LogP contribution >= 0.6 is 0 Å². The van der Waals surface area contributed by atoms with Gasteiger partial charge in [0.05, 0.1) is 0 Å². The molecule has 0 radical (unpaired) electrons. The highest BCUT2D eigenvalue weighted by molar-refractivity contribution is 5.74. The molecule has 0 unspecified atom stereocenters. The lowest BCUT2D eigenvalue weighted by molar-refractivity contribution is 0.172. The molecule has 12 heavy (non-hydrogen) atoms. The fraction of sp³-hybridized carbons (Fsp3) is 0.667. The van der Waals surface area contributed by atoms with Crippen LogP contribution in [0.15, 0.2) is 12.7 Å². The summed E-state index contributed by atoms with van der Waals surface area (Å²) in [6, 6.07) is 0.0694. The molecule has 0 saturated heterocycles. The molecule has 0 fully saturated rings. The van der Waals surface area contributed by atoms with Crippen molar-refractivity contribution in [3.63, 3.8) is 0 Å². The summed E-state index contributed by atoms with van der Waals surface area (Å²) in [5.41, 5.74) is 0. The van der Waals surface area contributed by atoms with Crippen LogP contribution < -0.4 is 0 Å². The summed E-state index contributed by atoms with van der Waals surface area (Å²) in [4.78, 5) is 14.9. The maximum Gasteiger partial charge on any atom is 0.320 e. The highest BCUT2D eigenvalue weighted by Gasteiger charge is 2.12. The molecule has 3 nitrogen and oxygen atoms in total. The second-order valence-electron chi connectivity index (χ2n) is 2.62. The Balaban J connectivity index is 4.10. The van der Waals surface area contributed by atoms with E-state index in [1.807, 2.05) is 13.8 Å². The largest absolute Gasteiger partial charge is 0.328 e. The van der Waals surface area contributed by atoms with Crippen molar-refractivity contribution in [3.05, 3.63) is 12.7 Å². The average molecular weight is 170 g/mol. The number of hydrogen-bond acceptors (Lipinski definition) is 1. The van der Waals surface area contributed by atoms with E-state index in [4.69, 9.17) is 0 Å². The monoisotopic (exact) mass is 170 g/mol. The third-order valence-electron chi connectivity index (χ3n) is 1.80. The van der Waals surface area contributed by atoms with E-state index in [1.165, 1.54) is 0 Å². The minimum Gasteiger partial charge on any atom is -0.328 e. The standard InChI is InChI=1S/C9H18N2O/c1-5-8-11(7-3)9(12)10(4)6-2/h5H,1,6-8H2,2-4H3. The Labute approximate surface area is 74.7 Å². The van der Waals surface area contributed by atoms with Crippen molar-refractivity contribution >= 4 is 6.03 Å². The van der Waals surface area contributed by atoms with E-state index >= 15 is 0 Å². The van der Waals surface area contributed by atoms with E-state index in [0.717, 1.165) is 13.1 Å². The second kappa shape index (κ2) is 5.63. The summed E-state index contributed by atoms with van der Waals surface area (Å²) >= 11 is 0. The quantitative estimate of drug-likeness (QED) is 0.587. The lowest BCUT2D eigenvalue weighted by Crippen LogP contribution is -2.40. The number of amides is 2. The van der Waals surface area contributed by atoms with Gasteiger partial charge in [-0.05, 0) is 13.8 Å². The Morgan fingerprint density at radius 3 is 2.33 bits per heavy atom. The van der Waals surface area contributed by atoms with Gasteiger partial charge >= 0.3 is 6.03 Å². The molecule has 0 aliphatic heterocycles. The molecule has 0 aliphatic carbocycles. The van der Waals surface area contributed by atoms with Crippen molar-refractivity contribution in [2.45, 2.75) is 13.8 Å². The molecular formula is C9H18N2O. The molecule has 3 heteroatoms. The highest BCUT2D eigenvalue weighted by atomic mass is 16.2. The Morgan fingerprint density at radius 2 is 2.00 bits per heavy atom. The maximum atomic E-state index is 11.5. The molecular weight excluding hydrogens is 152 g/mol. The number of likely N-dealkylation sites (N-methyl/N-ethyl adjacent to an activating group) is 1. The van der Waals surface area contributed by atoms with Crippen LogP contribution in [-0.2, 0) is 0 Å². The molecule has 0 spiro atoms. The normalized spacial score (nSPS) is 9.25. The third-order valence-corrected chi connectivity index (χ3v) is 1.80. The van der Waals surface area contributed by atoms with Crippen LogP contribution in [0.4, 0.5) is 4.79 Å². The van der Waals surface area contributed by atoms with Crippen LogP contribution in [0, 0.1) is 0 Å². The molecule has 0 aromatic carbocycles. The van der Waals surface area contributed by atoms with Gasteiger partial charge in [-0.25, -0.2) is 4.79 Å². The molecule has 0 saturated carbocycles. The molecule has 2 amide bonds. The molecule has 0 aliphatic rings.